The van der Waals surface area contributed by atoms with Gasteiger partial charge in [-0.3, -0.25) is 0 Å². The molecule has 0 aromatic heterocycles. The Morgan fingerprint density at radius 1 is 1.33 bits per heavy atom. The Morgan fingerprint density at radius 3 is 2.44 bits per heavy atom. The van der Waals surface area contributed by atoms with Crippen molar-refractivity contribution in [2.45, 2.75) is 71.1 Å². The number of hydrogen-bond acceptors (Lipinski definition) is 3. The van der Waals surface area contributed by atoms with E-state index < -0.39 is 5.60 Å². The van der Waals surface area contributed by atoms with Gasteiger partial charge in [0.1, 0.15) is 5.60 Å². The van der Waals surface area contributed by atoms with Crippen molar-refractivity contribution in [3.63, 3.8) is 0 Å². The predicted octanol–water partition coefficient (Wildman–Crippen LogP) is 2.43. The summed E-state index contributed by atoms with van der Waals surface area (Å²) in [6.45, 7) is 8.84. The molecule has 2 saturated carbocycles. The minimum atomic E-state index is -0.415. The molecule has 2 N–H and O–H groups in total. The fourth-order valence-electron chi connectivity index (χ4n) is 3.25. The fraction of sp³-hybridized carbons (Fsp3) is 0.929. The van der Waals surface area contributed by atoms with Crippen LogP contribution in [0, 0.1) is 5.41 Å². The monoisotopic (exact) mass is 254 g/mol. The molecule has 1 amide bonds. The van der Waals surface area contributed by atoms with Crippen molar-refractivity contribution in [1.29, 1.82) is 0 Å². The highest BCUT2D eigenvalue weighted by Gasteiger charge is 2.58. The van der Waals surface area contributed by atoms with E-state index in [2.05, 4.69) is 17.6 Å². The van der Waals surface area contributed by atoms with E-state index in [9.17, 15) is 4.79 Å². The number of hydrogen-bond donors (Lipinski definition) is 2. The highest BCUT2D eigenvalue weighted by molar-refractivity contribution is 5.68. The van der Waals surface area contributed by atoms with Gasteiger partial charge in [0.25, 0.3) is 0 Å². The van der Waals surface area contributed by atoms with Gasteiger partial charge in [-0.2, -0.15) is 0 Å². The van der Waals surface area contributed by atoms with Crippen molar-refractivity contribution in [2.75, 3.05) is 6.54 Å². The molecular weight excluding hydrogens is 228 g/mol. The zero-order valence-electron chi connectivity index (χ0n) is 12.0. The van der Waals surface area contributed by atoms with Gasteiger partial charge >= 0.3 is 6.09 Å². The van der Waals surface area contributed by atoms with E-state index in [1.165, 1.54) is 19.3 Å². The van der Waals surface area contributed by atoms with Crippen molar-refractivity contribution in [3.05, 3.63) is 0 Å². The van der Waals surface area contributed by atoms with E-state index in [0.29, 0.717) is 17.5 Å². The van der Waals surface area contributed by atoms with Gasteiger partial charge in [-0.15, -0.1) is 0 Å². The molecule has 2 atom stereocenters. The zero-order chi connectivity index (χ0) is 13.4. The van der Waals surface area contributed by atoms with Crippen LogP contribution in [0.4, 0.5) is 4.79 Å². The smallest absolute Gasteiger partial charge is 0.407 e. The van der Waals surface area contributed by atoms with Gasteiger partial charge in [0.15, 0.2) is 0 Å². The molecule has 0 aromatic carbocycles. The van der Waals surface area contributed by atoms with Gasteiger partial charge in [0.05, 0.1) is 0 Å². The van der Waals surface area contributed by atoms with E-state index in [-0.39, 0.29) is 6.09 Å². The SMILES string of the molecule is CCNC1CC(NC(=O)OC(C)(C)C)C12CCC2. The van der Waals surface area contributed by atoms with Crippen LogP contribution in [0.5, 0.6) is 0 Å². The van der Waals surface area contributed by atoms with Crippen molar-refractivity contribution in [1.82, 2.24) is 10.6 Å². The van der Waals surface area contributed by atoms with Crippen LogP contribution >= 0.6 is 0 Å². The number of carbonyl (C=O) groups is 1. The first-order valence-corrected chi connectivity index (χ1v) is 7.10. The lowest BCUT2D eigenvalue weighted by Crippen LogP contribution is -2.71. The minimum Gasteiger partial charge on any atom is -0.444 e. The lowest BCUT2D eigenvalue weighted by molar-refractivity contribution is -0.0606. The van der Waals surface area contributed by atoms with Crippen LogP contribution in [0.25, 0.3) is 0 Å². The molecule has 2 aliphatic carbocycles. The maximum Gasteiger partial charge on any atom is 0.407 e. The quantitative estimate of drug-likeness (QED) is 0.813. The summed E-state index contributed by atoms with van der Waals surface area (Å²) in [7, 11) is 0. The summed E-state index contributed by atoms with van der Waals surface area (Å²) in [6, 6.07) is 0.876. The van der Waals surface area contributed by atoms with Gasteiger partial charge in [-0.25, -0.2) is 4.79 Å². The molecule has 18 heavy (non-hydrogen) atoms. The van der Waals surface area contributed by atoms with Crippen LogP contribution in [0.2, 0.25) is 0 Å². The zero-order valence-corrected chi connectivity index (χ0v) is 12.0. The number of nitrogens with one attached hydrogen (secondary N) is 2. The number of ether oxygens (including phenoxy) is 1. The third kappa shape index (κ3) is 2.48. The molecule has 0 aromatic rings. The van der Waals surface area contributed by atoms with Crippen LogP contribution in [0.15, 0.2) is 0 Å². The Morgan fingerprint density at radius 2 is 2.00 bits per heavy atom. The second kappa shape index (κ2) is 4.72. The minimum absolute atomic E-state index is 0.270. The Kier molecular flexibility index (Phi) is 3.58. The first-order chi connectivity index (χ1) is 8.37. The molecule has 0 saturated heterocycles. The number of alkyl carbamates (subject to hydrolysis) is 1. The summed E-state index contributed by atoms with van der Waals surface area (Å²) in [5, 5.41) is 6.59. The van der Waals surface area contributed by atoms with Crippen LogP contribution in [-0.2, 0) is 4.74 Å². The Bertz CT molecular complexity index is 318. The summed E-state index contributed by atoms with van der Waals surface area (Å²) in [4.78, 5) is 11.8. The molecule has 0 radical (unpaired) electrons. The molecule has 1 spiro atoms. The van der Waals surface area contributed by atoms with Gasteiger partial charge in [-0.05, 0) is 46.6 Å². The molecule has 104 valence electrons. The van der Waals surface area contributed by atoms with Crippen LogP contribution in [0.1, 0.15) is 53.4 Å². The predicted molar refractivity (Wildman–Crippen MR) is 71.5 cm³/mol. The standard InChI is InChI=1S/C14H26N2O2/c1-5-15-10-9-11(14(10)7-6-8-14)16-12(17)18-13(2,3)4/h10-11,15H,5-9H2,1-4H3,(H,16,17). The van der Waals surface area contributed by atoms with Crippen molar-refractivity contribution in [3.8, 4) is 0 Å². The lowest BCUT2D eigenvalue weighted by Gasteiger charge is -2.61. The molecule has 0 aliphatic heterocycles. The molecule has 2 aliphatic rings. The average molecular weight is 254 g/mol. The summed E-state index contributed by atoms with van der Waals surface area (Å²) in [6.07, 6.45) is 4.51. The Hall–Kier alpha value is -0.770. The molecule has 2 fully saturated rings. The maximum absolute atomic E-state index is 11.8. The van der Waals surface area contributed by atoms with Crippen molar-refractivity contribution >= 4 is 6.09 Å². The van der Waals surface area contributed by atoms with Crippen LogP contribution in [-0.4, -0.2) is 30.3 Å². The first kappa shape index (κ1) is 13.7. The van der Waals surface area contributed by atoms with E-state index in [1.54, 1.807) is 0 Å². The fourth-order valence-corrected chi connectivity index (χ4v) is 3.25. The summed E-state index contributed by atoms with van der Waals surface area (Å²) in [5.41, 5.74) is -0.103. The molecule has 2 rings (SSSR count). The maximum atomic E-state index is 11.8. The number of carbonyl (C=O) groups excluding carboxylic acids is 1. The van der Waals surface area contributed by atoms with Gasteiger partial charge in [-0.1, -0.05) is 13.3 Å². The van der Waals surface area contributed by atoms with E-state index in [0.717, 1.165) is 13.0 Å². The summed E-state index contributed by atoms with van der Waals surface area (Å²) < 4.78 is 5.33. The summed E-state index contributed by atoms with van der Waals surface area (Å²) in [5.74, 6) is 0. The first-order valence-electron chi connectivity index (χ1n) is 7.10. The number of amides is 1. The molecule has 4 nitrogen and oxygen atoms in total. The molecular formula is C14H26N2O2. The normalized spacial score (nSPS) is 29.3. The third-order valence-corrected chi connectivity index (χ3v) is 4.29. The average Bonchev–Trinajstić information content (AvgIpc) is 2.10. The van der Waals surface area contributed by atoms with Crippen LogP contribution < -0.4 is 10.6 Å². The largest absolute Gasteiger partial charge is 0.444 e. The van der Waals surface area contributed by atoms with Gasteiger partial charge in [0.2, 0.25) is 0 Å². The Labute approximate surface area is 110 Å². The van der Waals surface area contributed by atoms with Gasteiger partial charge < -0.3 is 15.4 Å². The highest BCUT2D eigenvalue weighted by Crippen LogP contribution is 2.55. The molecule has 0 bridgehead atoms. The van der Waals surface area contributed by atoms with Crippen LogP contribution in [0.3, 0.4) is 0 Å². The molecule has 2 unspecified atom stereocenters. The molecule has 4 heteroatoms. The van der Waals surface area contributed by atoms with E-state index >= 15 is 0 Å². The van der Waals surface area contributed by atoms with E-state index in [1.807, 2.05) is 20.8 Å². The second-order valence-corrected chi connectivity index (χ2v) is 6.63. The van der Waals surface area contributed by atoms with Crippen molar-refractivity contribution in [2.24, 2.45) is 5.41 Å². The summed E-state index contributed by atoms with van der Waals surface area (Å²) >= 11 is 0. The molecule has 0 heterocycles. The highest BCUT2D eigenvalue weighted by atomic mass is 16.6. The van der Waals surface area contributed by atoms with E-state index in [4.69, 9.17) is 4.74 Å². The second-order valence-electron chi connectivity index (χ2n) is 6.63. The third-order valence-electron chi connectivity index (χ3n) is 4.29. The lowest BCUT2D eigenvalue weighted by atomic mass is 9.50. The Balaban J connectivity index is 1.86. The number of rotatable bonds is 3. The van der Waals surface area contributed by atoms with Crippen molar-refractivity contribution < 1.29 is 9.53 Å². The van der Waals surface area contributed by atoms with Gasteiger partial charge in [0, 0.05) is 17.5 Å². The topological polar surface area (TPSA) is 50.4 Å².